The zero-order valence-corrected chi connectivity index (χ0v) is 8.48. The predicted molar refractivity (Wildman–Crippen MR) is 52.5 cm³/mol. The van der Waals surface area contributed by atoms with Crippen molar-refractivity contribution in [2.45, 2.75) is 27.7 Å². The molecule has 0 unspecified atom stereocenters. The van der Waals surface area contributed by atoms with Crippen molar-refractivity contribution in [3.8, 4) is 0 Å². The maximum Gasteiger partial charge on any atom is 0.236 e. The minimum atomic E-state index is -0.368. The summed E-state index contributed by atoms with van der Waals surface area (Å²) in [7, 11) is 0. The third kappa shape index (κ3) is 36.0. The lowest BCUT2D eigenvalue weighted by Crippen LogP contribution is -2.26. The zero-order chi connectivity index (χ0) is 10.1. The van der Waals surface area contributed by atoms with E-state index in [0.29, 0.717) is 0 Å². The highest BCUT2D eigenvalue weighted by Gasteiger charge is 1.88. The van der Waals surface area contributed by atoms with Gasteiger partial charge in [-0.05, 0) is 12.8 Å². The van der Waals surface area contributed by atoms with E-state index in [4.69, 9.17) is 5.73 Å². The molecule has 12 heavy (non-hydrogen) atoms. The monoisotopic (exact) mass is 172 g/mol. The number of primary amides is 1. The number of hydrogen-bond donors (Lipinski definition) is 2. The summed E-state index contributed by atoms with van der Waals surface area (Å²) >= 11 is 0. The van der Waals surface area contributed by atoms with Crippen molar-refractivity contribution in [2.75, 3.05) is 6.54 Å². The van der Waals surface area contributed by atoms with Crippen molar-refractivity contribution in [1.82, 2.24) is 5.32 Å². The first-order chi connectivity index (χ1) is 5.36. The Morgan fingerprint density at radius 1 is 1.50 bits per heavy atom. The van der Waals surface area contributed by atoms with E-state index < -0.39 is 0 Å². The Bertz CT molecular complexity index is 125. The molecule has 0 fully saturated rings. The number of rotatable bonds is 3. The van der Waals surface area contributed by atoms with E-state index >= 15 is 0 Å². The van der Waals surface area contributed by atoms with E-state index in [1.54, 1.807) is 6.92 Å². The molecule has 0 radical (unpaired) electrons. The van der Waals surface area contributed by atoms with Crippen LogP contribution in [0.3, 0.4) is 0 Å². The summed E-state index contributed by atoms with van der Waals surface area (Å²) in [6.45, 7) is 12.0. The molecule has 0 bridgehead atoms. The van der Waals surface area contributed by atoms with Crippen LogP contribution in [0.25, 0.3) is 0 Å². The molecule has 3 N–H and O–H groups in total. The molecule has 0 rings (SSSR count). The van der Waals surface area contributed by atoms with Gasteiger partial charge >= 0.3 is 0 Å². The van der Waals surface area contributed by atoms with Gasteiger partial charge in [0.05, 0.1) is 6.54 Å². The first kappa shape index (κ1) is 13.6. The molecule has 0 spiro atoms. The minimum absolute atomic E-state index is 0.176. The normalized spacial score (nSPS) is 8.42. The maximum absolute atomic E-state index is 10.0. The van der Waals surface area contributed by atoms with Crippen LogP contribution in [0, 0.1) is 5.92 Å². The van der Waals surface area contributed by atoms with E-state index in [2.05, 4.69) is 32.7 Å². The molecule has 0 aromatic rings. The fourth-order valence-electron chi connectivity index (χ4n) is 0.238. The Labute approximate surface area is 75.0 Å². The molecule has 0 aliphatic rings. The molecule has 72 valence electrons. The van der Waals surface area contributed by atoms with Crippen molar-refractivity contribution in [3.05, 3.63) is 12.3 Å². The van der Waals surface area contributed by atoms with Gasteiger partial charge in [-0.15, -0.1) is 0 Å². The minimum Gasteiger partial charge on any atom is -0.380 e. The molecule has 0 aliphatic carbocycles. The third-order valence-electron chi connectivity index (χ3n) is 0.564. The number of allylic oxidation sites excluding steroid dienone is 1. The second-order valence-corrected chi connectivity index (χ2v) is 3.33. The van der Waals surface area contributed by atoms with E-state index in [9.17, 15) is 4.79 Å². The van der Waals surface area contributed by atoms with Crippen LogP contribution in [0.4, 0.5) is 0 Å². The van der Waals surface area contributed by atoms with E-state index in [0.717, 1.165) is 11.6 Å². The lowest BCUT2D eigenvalue weighted by atomic mass is 10.3. The van der Waals surface area contributed by atoms with Crippen LogP contribution in [0.1, 0.15) is 27.7 Å². The molecule has 0 heterocycles. The second-order valence-electron chi connectivity index (χ2n) is 3.33. The number of carbonyl (C=O) groups is 1. The Kier molecular flexibility index (Phi) is 9.18. The van der Waals surface area contributed by atoms with Crippen molar-refractivity contribution < 1.29 is 4.79 Å². The standard InChI is InChI=1S/C5H10N2O.C4H10/c1-4(2)7-3-5(6)8;1-4(2)3/h7H,1,3H2,2H3,(H2,6,8);4H,1-3H3. The van der Waals surface area contributed by atoms with Crippen molar-refractivity contribution in [2.24, 2.45) is 11.7 Å². The topological polar surface area (TPSA) is 55.1 Å². The maximum atomic E-state index is 10.0. The average Bonchev–Trinajstić information content (AvgIpc) is 1.82. The fraction of sp³-hybridized carbons (Fsp3) is 0.667. The van der Waals surface area contributed by atoms with Crippen LogP contribution >= 0.6 is 0 Å². The van der Waals surface area contributed by atoms with Gasteiger partial charge in [0.15, 0.2) is 0 Å². The van der Waals surface area contributed by atoms with E-state index in [-0.39, 0.29) is 12.5 Å². The molecule has 0 atom stereocenters. The van der Waals surface area contributed by atoms with E-state index in [1.165, 1.54) is 0 Å². The summed E-state index contributed by atoms with van der Waals surface area (Å²) in [6, 6.07) is 0. The molecule has 0 aromatic heterocycles. The Hall–Kier alpha value is -0.990. The SMILES string of the molecule is C=C(C)NCC(N)=O.CC(C)C. The van der Waals surface area contributed by atoms with Gasteiger partial charge in [-0.1, -0.05) is 27.4 Å². The summed E-state index contributed by atoms with van der Waals surface area (Å²) in [5.41, 5.74) is 5.55. The first-order valence-electron chi connectivity index (χ1n) is 4.04. The van der Waals surface area contributed by atoms with Gasteiger partial charge in [-0.3, -0.25) is 4.79 Å². The third-order valence-corrected chi connectivity index (χ3v) is 0.564. The lowest BCUT2D eigenvalue weighted by Gasteiger charge is -1.98. The number of carbonyl (C=O) groups excluding carboxylic acids is 1. The largest absolute Gasteiger partial charge is 0.380 e. The van der Waals surface area contributed by atoms with Crippen LogP contribution in [-0.4, -0.2) is 12.5 Å². The quantitative estimate of drug-likeness (QED) is 0.673. The molecule has 0 aromatic carbocycles. The van der Waals surface area contributed by atoms with Crippen molar-refractivity contribution in [3.63, 3.8) is 0 Å². The molecular formula is C9H20N2O. The Morgan fingerprint density at radius 2 is 1.83 bits per heavy atom. The zero-order valence-electron chi connectivity index (χ0n) is 8.48. The highest BCUT2D eigenvalue weighted by Crippen LogP contribution is 1.81. The van der Waals surface area contributed by atoms with Crippen LogP contribution in [0.5, 0.6) is 0 Å². The number of amides is 1. The van der Waals surface area contributed by atoms with Gasteiger partial charge in [-0.25, -0.2) is 0 Å². The first-order valence-corrected chi connectivity index (χ1v) is 4.04. The smallest absolute Gasteiger partial charge is 0.236 e. The predicted octanol–water partition coefficient (Wildman–Crippen LogP) is 1.26. The second kappa shape index (κ2) is 8.11. The van der Waals surface area contributed by atoms with E-state index in [1.807, 2.05) is 0 Å². The van der Waals surface area contributed by atoms with Gasteiger partial charge in [0.1, 0.15) is 0 Å². The molecule has 3 heteroatoms. The van der Waals surface area contributed by atoms with Crippen LogP contribution in [-0.2, 0) is 4.79 Å². The molecule has 0 saturated heterocycles. The summed E-state index contributed by atoms with van der Waals surface area (Å²) in [4.78, 5) is 10.0. The molecule has 0 aliphatic heterocycles. The highest BCUT2D eigenvalue weighted by molar-refractivity contribution is 5.76. The average molecular weight is 172 g/mol. The molecule has 3 nitrogen and oxygen atoms in total. The van der Waals surface area contributed by atoms with Gasteiger partial charge in [0, 0.05) is 5.70 Å². The molecular weight excluding hydrogens is 152 g/mol. The van der Waals surface area contributed by atoms with Gasteiger partial charge in [0.25, 0.3) is 0 Å². The molecule has 1 amide bonds. The number of nitrogens with two attached hydrogens (primary N) is 1. The Morgan fingerprint density at radius 3 is 1.92 bits per heavy atom. The summed E-state index contributed by atoms with van der Waals surface area (Å²) < 4.78 is 0. The van der Waals surface area contributed by atoms with Crippen LogP contribution in [0.15, 0.2) is 12.3 Å². The van der Waals surface area contributed by atoms with Crippen LogP contribution < -0.4 is 11.1 Å². The Balaban J connectivity index is 0. The van der Waals surface area contributed by atoms with Crippen molar-refractivity contribution >= 4 is 5.91 Å². The van der Waals surface area contributed by atoms with Crippen molar-refractivity contribution in [1.29, 1.82) is 0 Å². The lowest BCUT2D eigenvalue weighted by molar-refractivity contribution is -0.117. The van der Waals surface area contributed by atoms with Gasteiger partial charge in [-0.2, -0.15) is 0 Å². The number of hydrogen-bond acceptors (Lipinski definition) is 2. The van der Waals surface area contributed by atoms with Crippen LogP contribution in [0.2, 0.25) is 0 Å². The number of nitrogens with one attached hydrogen (secondary N) is 1. The molecule has 0 saturated carbocycles. The highest BCUT2D eigenvalue weighted by atomic mass is 16.1. The van der Waals surface area contributed by atoms with Gasteiger partial charge < -0.3 is 11.1 Å². The van der Waals surface area contributed by atoms with Gasteiger partial charge in [0.2, 0.25) is 5.91 Å². The summed E-state index contributed by atoms with van der Waals surface area (Å²) in [5.74, 6) is 0.466. The summed E-state index contributed by atoms with van der Waals surface area (Å²) in [5, 5.41) is 2.68. The summed E-state index contributed by atoms with van der Waals surface area (Å²) in [6.07, 6.45) is 0. The fourth-order valence-corrected chi connectivity index (χ4v) is 0.238.